The first-order chi connectivity index (χ1) is 8.35. The number of phenols is 1. The van der Waals surface area contributed by atoms with Crippen LogP contribution in [0.1, 0.15) is 17.3 Å². The third kappa shape index (κ3) is 3.99. The average Bonchev–Trinajstić information content (AvgIpc) is 2.28. The van der Waals surface area contributed by atoms with Gasteiger partial charge in [0, 0.05) is 18.4 Å². The lowest BCUT2D eigenvalue weighted by atomic mass is 10.2. The maximum absolute atomic E-state index is 12.7. The molecule has 0 aliphatic heterocycles. The SMILES string of the molecule is CCS(=O)(=O)CCNC(=O)c1ccc(F)cc1O. The number of halogens is 1. The molecule has 0 bridgehead atoms. The van der Waals surface area contributed by atoms with Gasteiger partial charge in [-0.2, -0.15) is 0 Å². The van der Waals surface area contributed by atoms with Crippen LogP contribution < -0.4 is 5.32 Å². The molecule has 0 atom stereocenters. The third-order valence-corrected chi connectivity index (χ3v) is 4.05. The monoisotopic (exact) mass is 275 g/mol. The molecule has 1 rings (SSSR count). The van der Waals surface area contributed by atoms with E-state index >= 15 is 0 Å². The van der Waals surface area contributed by atoms with Crippen molar-refractivity contribution in [2.24, 2.45) is 0 Å². The summed E-state index contributed by atoms with van der Waals surface area (Å²) in [6, 6.07) is 2.99. The summed E-state index contributed by atoms with van der Waals surface area (Å²) >= 11 is 0. The van der Waals surface area contributed by atoms with Crippen molar-refractivity contribution in [2.45, 2.75) is 6.92 Å². The second-order valence-electron chi connectivity index (χ2n) is 3.65. The summed E-state index contributed by atoms with van der Waals surface area (Å²) in [5.74, 6) is -1.94. The van der Waals surface area contributed by atoms with E-state index in [0.29, 0.717) is 0 Å². The number of hydrogen-bond donors (Lipinski definition) is 2. The van der Waals surface area contributed by atoms with Crippen molar-refractivity contribution in [2.75, 3.05) is 18.1 Å². The first-order valence-electron chi connectivity index (χ1n) is 5.33. The van der Waals surface area contributed by atoms with Gasteiger partial charge in [-0.05, 0) is 12.1 Å². The van der Waals surface area contributed by atoms with E-state index in [2.05, 4.69) is 5.32 Å². The number of sulfone groups is 1. The average molecular weight is 275 g/mol. The van der Waals surface area contributed by atoms with Crippen molar-refractivity contribution >= 4 is 15.7 Å². The molecule has 7 heteroatoms. The lowest BCUT2D eigenvalue weighted by Gasteiger charge is -2.06. The predicted molar refractivity (Wildman–Crippen MR) is 64.7 cm³/mol. The van der Waals surface area contributed by atoms with E-state index in [-0.39, 0.29) is 23.6 Å². The van der Waals surface area contributed by atoms with E-state index in [1.165, 1.54) is 6.92 Å². The third-order valence-electron chi connectivity index (χ3n) is 2.34. The molecule has 1 aromatic rings. The molecule has 0 aliphatic rings. The maximum atomic E-state index is 12.7. The zero-order valence-electron chi connectivity index (χ0n) is 9.81. The van der Waals surface area contributed by atoms with Gasteiger partial charge >= 0.3 is 0 Å². The van der Waals surface area contributed by atoms with Crippen molar-refractivity contribution in [3.05, 3.63) is 29.6 Å². The first kappa shape index (κ1) is 14.4. The van der Waals surface area contributed by atoms with Crippen LogP contribution in [0.15, 0.2) is 18.2 Å². The molecule has 100 valence electrons. The Labute approximate surface area is 105 Å². The Morgan fingerprint density at radius 1 is 1.44 bits per heavy atom. The molecule has 5 nitrogen and oxygen atoms in total. The molecular weight excluding hydrogens is 261 g/mol. The van der Waals surface area contributed by atoms with Crippen molar-refractivity contribution < 1.29 is 22.7 Å². The smallest absolute Gasteiger partial charge is 0.255 e. The van der Waals surface area contributed by atoms with Crippen LogP contribution in [0.25, 0.3) is 0 Å². The van der Waals surface area contributed by atoms with Gasteiger partial charge < -0.3 is 10.4 Å². The summed E-state index contributed by atoms with van der Waals surface area (Å²) in [7, 11) is -3.15. The van der Waals surface area contributed by atoms with Crippen LogP contribution in [0.3, 0.4) is 0 Å². The molecule has 18 heavy (non-hydrogen) atoms. The number of rotatable bonds is 5. The fourth-order valence-corrected chi connectivity index (χ4v) is 1.96. The van der Waals surface area contributed by atoms with Gasteiger partial charge in [0.05, 0.1) is 11.3 Å². The number of phenolic OH excluding ortho intramolecular Hbond substituents is 1. The summed E-state index contributed by atoms with van der Waals surface area (Å²) in [6.07, 6.45) is 0. The van der Waals surface area contributed by atoms with E-state index in [0.717, 1.165) is 18.2 Å². The second-order valence-corrected chi connectivity index (χ2v) is 6.13. The fourth-order valence-electron chi connectivity index (χ4n) is 1.26. The molecular formula is C11H14FNO4S. The van der Waals surface area contributed by atoms with Crippen molar-refractivity contribution in [3.63, 3.8) is 0 Å². The molecule has 0 radical (unpaired) electrons. The number of carbonyl (C=O) groups is 1. The van der Waals surface area contributed by atoms with Gasteiger partial charge in [0.15, 0.2) is 9.84 Å². The Hall–Kier alpha value is -1.63. The first-order valence-corrected chi connectivity index (χ1v) is 7.15. The Kier molecular flexibility index (Phi) is 4.66. The fraction of sp³-hybridized carbons (Fsp3) is 0.364. The minimum absolute atomic E-state index is 0.00463. The standard InChI is InChI=1S/C11H14FNO4S/c1-2-18(16,17)6-5-13-11(15)9-4-3-8(12)7-10(9)14/h3-4,7,14H,2,5-6H2,1H3,(H,13,15). The molecule has 0 aliphatic carbocycles. The number of amides is 1. The Bertz CT molecular complexity index is 542. The molecule has 1 amide bonds. The minimum Gasteiger partial charge on any atom is -0.507 e. The van der Waals surface area contributed by atoms with Crippen molar-refractivity contribution in [3.8, 4) is 5.75 Å². The molecule has 0 heterocycles. The highest BCUT2D eigenvalue weighted by Crippen LogP contribution is 2.17. The predicted octanol–water partition coefficient (Wildman–Crippen LogP) is 0.696. The van der Waals surface area contributed by atoms with Crippen molar-refractivity contribution in [1.82, 2.24) is 5.32 Å². The Balaban J connectivity index is 2.61. The summed E-state index contributed by atoms with van der Waals surface area (Å²) in [4.78, 5) is 11.6. The zero-order valence-corrected chi connectivity index (χ0v) is 10.6. The largest absolute Gasteiger partial charge is 0.507 e. The molecule has 2 N–H and O–H groups in total. The Morgan fingerprint density at radius 2 is 2.11 bits per heavy atom. The molecule has 0 saturated carbocycles. The molecule has 0 unspecified atom stereocenters. The summed E-state index contributed by atoms with van der Waals surface area (Å²) in [6.45, 7) is 1.47. The van der Waals surface area contributed by atoms with Gasteiger partial charge in [0.2, 0.25) is 0 Å². The highest BCUT2D eigenvalue weighted by Gasteiger charge is 2.13. The van der Waals surface area contributed by atoms with Gasteiger partial charge in [-0.1, -0.05) is 6.92 Å². The highest BCUT2D eigenvalue weighted by molar-refractivity contribution is 7.91. The van der Waals surface area contributed by atoms with Gasteiger partial charge in [-0.15, -0.1) is 0 Å². The van der Waals surface area contributed by atoms with Gasteiger partial charge in [0.1, 0.15) is 11.6 Å². The van der Waals surface area contributed by atoms with E-state index in [4.69, 9.17) is 0 Å². The summed E-state index contributed by atoms with van der Waals surface area (Å²) in [5, 5.41) is 11.7. The molecule has 1 aromatic carbocycles. The second kappa shape index (κ2) is 5.81. The number of benzene rings is 1. The van der Waals surface area contributed by atoms with E-state index in [1.54, 1.807) is 0 Å². The van der Waals surface area contributed by atoms with E-state index in [9.17, 15) is 22.7 Å². The van der Waals surface area contributed by atoms with Crippen LogP contribution in [0.2, 0.25) is 0 Å². The Morgan fingerprint density at radius 3 is 2.67 bits per heavy atom. The normalized spacial score (nSPS) is 11.2. The van der Waals surface area contributed by atoms with E-state index < -0.39 is 27.3 Å². The number of carbonyl (C=O) groups excluding carboxylic acids is 1. The molecule has 0 fully saturated rings. The summed E-state index contributed by atoms with van der Waals surface area (Å²) in [5.41, 5.74) is -0.0923. The van der Waals surface area contributed by atoms with Gasteiger partial charge in [0.25, 0.3) is 5.91 Å². The van der Waals surface area contributed by atoms with Crippen LogP contribution in [0.5, 0.6) is 5.75 Å². The number of hydrogen-bond acceptors (Lipinski definition) is 4. The zero-order chi connectivity index (χ0) is 13.8. The lowest BCUT2D eigenvalue weighted by molar-refractivity contribution is 0.0953. The van der Waals surface area contributed by atoms with Gasteiger partial charge in [-0.3, -0.25) is 4.79 Å². The van der Waals surface area contributed by atoms with E-state index in [1.807, 2.05) is 0 Å². The topological polar surface area (TPSA) is 83.5 Å². The highest BCUT2D eigenvalue weighted by atomic mass is 32.2. The van der Waals surface area contributed by atoms with Gasteiger partial charge in [-0.25, -0.2) is 12.8 Å². The quantitative estimate of drug-likeness (QED) is 0.828. The molecule has 0 saturated heterocycles. The van der Waals surface area contributed by atoms with Crippen LogP contribution >= 0.6 is 0 Å². The van der Waals surface area contributed by atoms with Crippen LogP contribution in [-0.4, -0.2) is 37.5 Å². The van der Waals surface area contributed by atoms with Crippen molar-refractivity contribution in [1.29, 1.82) is 0 Å². The number of aromatic hydroxyl groups is 1. The van der Waals surface area contributed by atoms with Crippen LogP contribution in [0.4, 0.5) is 4.39 Å². The minimum atomic E-state index is -3.15. The van der Waals surface area contributed by atoms with Crippen LogP contribution in [-0.2, 0) is 9.84 Å². The van der Waals surface area contributed by atoms with Crippen LogP contribution in [0, 0.1) is 5.82 Å². The molecule has 0 aromatic heterocycles. The number of nitrogens with one attached hydrogen (secondary N) is 1. The lowest BCUT2D eigenvalue weighted by Crippen LogP contribution is -2.29. The molecule has 0 spiro atoms. The summed E-state index contributed by atoms with van der Waals surface area (Å²) < 4.78 is 35.1. The maximum Gasteiger partial charge on any atom is 0.255 e.